The lowest BCUT2D eigenvalue weighted by Crippen LogP contribution is -2.34. The minimum atomic E-state index is -1.11. The lowest BCUT2D eigenvalue weighted by molar-refractivity contribution is -0.304. The number of aromatic nitrogens is 2. The van der Waals surface area contributed by atoms with Gasteiger partial charge in [0.05, 0.1) is 11.2 Å². The molecule has 0 N–H and O–H groups in total. The average molecular weight is 359 g/mol. The molecule has 134 valence electrons. The van der Waals surface area contributed by atoms with Crippen LogP contribution < -0.4 is 10.7 Å². The van der Waals surface area contributed by atoms with Crippen molar-refractivity contribution in [3.63, 3.8) is 0 Å². The van der Waals surface area contributed by atoms with E-state index in [1.165, 1.54) is 4.57 Å². The molecule has 0 radical (unpaired) electrons. The molecule has 2 aromatic rings. The Labute approximate surface area is 152 Å². The zero-order chi connectivity index (χ0) is 18.4. The highest BCUT2D eigenvalue weighted by molar-refractivity contribution is 8.00. The van der Waals surface area contributed by atoms with Gasteiger partial charge < -0.3 is 9.90 Å². The summed E-state index contributed by atoms with van der Waals surface area (Å²) >= 11 is 1.10. The topological polar surface area (TPSA) is 75.0 Å². The number of aryl methyl sites for hydroxylation is 1. The first-order valence-corrected chi connectivity index (χ1v) is 9.30. The molecule has 0 aliphatic rings. The Morgan fingerprint density at radius 2 is 2.00 bits per heavy atom. The predicted molar refractivity (Wildman–Crippen MR) is 97.6 cm³/mol. The lowest BCUT2D eigenvalue weighted by Gasteiger charge is -2.19. The Morgan fingerprint density at radius 1 is 1.32 bits per heavy atom. The molecule has 0 fully saturated rings. The zero-order valence-corrected chi connectivity index (χ0v) is 15.6. The van der Waals surface area contributed by atoms with E-state index < -0.39 is 11.2 Å². The highest BCUT2D eigenvalue weighted by Gasteiger charge is 2.18. The van der Waals surface area contributed by atoms with Crippen LogP contribution in [0.5, 0.6) is 0 Å². The van der Waals surface area contributed by atoms with Crippen molar-refractivity contribution in [2.75, 3.05) is 0 Å². The fourth-order valence-electron chi connectivity index (χ4n) is 2.58. The van der Waals surface area contributed by atoms with Crippen LogP contribution in [0, 0.1) is 6.92 Å². The van der Waals surface area contributed by atoms with Crippen LogP contribution in [0.4, 0.5) is 0 Å². The van der Waals surface area contributed by atoms with Gasteiger partial charge in [-0.15, -0.1) is 0 Å². The molecule has 0 aliphatic heterocycles. The van der Waals surface area contributed by atoms with Crippen molar-refractivity contribution in [1.29, 1.82) is 0 Å². The van der Waals surface area contributed by atoms with Crippen molar-refractivity contribution in [2.45, 2.75) is 49.9 Å². The highest BCUT2D eigenvalue weighted by atomic mass is 32.2. The van der Waals surface area contributed by atoms with Crippen molar-refractivity contribution in [3.05, 3.63) is 57.5 Å². The van der Waals surface area contributed by atoms with Crippen LogP contribution >= 0.6 is 11.8 Å². The molecule has 0 bridgehead atoms. The molecule has 5 nitrogen and oxygen atoms in total. The number of carbonyl (C=O) groups excluding carboxylic acids is 1. The van der Waals surface area contributed by atoms with Gasteiger partial charge in [-0.2, -0.15) is 0 Å². The van der Waals surface area contributed by atoms with Gasteiger partial charge >= 0.3 is 0 Å². The number of thioether (sulfide) groups is 1. The van der Waals surface area contributed by atoms with E-state index in [-0.39, 0.29) is 5.56 Å². The largest absolute Gasteiger partial charge is 0.549 e. The Balaban J connectivity index is 2.30. The van der Waals surface area contributed by atoms with E-state index in [1.807, 2.05) is 37.3 Å². The van der Waals surface area contributed by atoms with Gasteiger partial charge in [-0.25, -0.2) is 4.98 Å². The molecule has 1 atom stereocenters. The van der Waals surface area contributed by atoms with Crippen LogP contribution in [0.25, 0.3) is 0 Å². The second-order valence-corrected chi connectivity index (χ2v) is 7.22. The van der Waals surface area contributed by atoms with Crippen molar-refractivity contribution in [3.8, 4) is 0 Å². The number of benzene rings is 1. The standard InChI is InChI=1S/C19H24N2O3S/c1-4-5-11-16(18(23)24)25-19-20-13(2)15(17(22)21(19)3)12-14-9-7-6-8-10-14/h6-10,16H,4-5,11-12H2,1-3H3,(H,23,24)/p-1/t16-/m1/s1. The third-order valence-electron chi connectivity index (χ3n) is 4.10. The summed E-state index contributed by atoms with van der Waals surface area (Å²) in [4.78, 5) is 28.6. The van der Waals surface area contributed by atoms with Crippen LogP contribution in [-0.2, 0) is 18.3 Å². The third-order valence-corrected chi connectivity index (χ3v) is 5.39. The van der Waals surface area contributed by atoms with Crippen LogP contribution in [-0.4, -0.2) is 20.8 Å². The summed E-state index contributed by atoms with van der Waals surface area (Å²) in [5, 5.41) is 11.1. The first kappa shape index (κ1) is 19.2. The summed E-state index contributed by atoms with van der Waals surface area (Å²) in [5.74, 6) is -1.11. The maximum Gasteiger partial charge on any atom is 0.257 e. The number of unbranched alkanes of at least 4 members (excludes halogenated alkanes) is 1. The SMILES string of the molecule is CCCC[C@@H](Sc1nc(C)c(Cc2ccccc2)c(=O)n1C)C(=O)[O-]. The summed E-state index contributed by atoms with van der Waals surface area (Å²) in [7, 11) is 1.64. The van der Waals surface area contributed by atoms with Crippen molar-refractivity contribution >= 4 is 17.7 Å². The normalized spacial score (nSPS) is 12.1. The van der Waals surface area contributed by atoms with Crippen molar-refractivity contribution in [2.24, 2.45) is 7.05 Å². The number of carboxylic acid groups (broad SMARTS) is 1. The summed E-state index contributed by atoms with van der Waals surface area (Å²) in [5.41, 5.74) is 2.19. The third kappa shape index (κ3) is 4.95. The fourth-order valence-corrected chi connectivity index (χ4v) is 3.65. The highest BCUT2D eigenvalue weighted by Crippen LogP contribution is 2.25. The first-order chi connectivity index (χ1) is 11.9. The molecular formula is C19H23N2O3S-. The van der Waals surface area contributed by atoms with Gasteiger partial charge in [0.2, 0.25) is 0 Å². The molecule has 1 aromatic heterocycles. The number of carboxylic acids is 1. The Morgan fingerprint density at radius 3 is 2.60 bits per heavy atom. The number of nitrogens with zero attached hydrogens (tertiary/aromatic N) is 2. The van der Waals surface area contributed by atoms with Gasteiger partial charge in [0.25, 0.3) is 5.56 Å². The lowest BCUT2D eigenvalue weighted by atomic mass is 10.1. The molecule has 0 amide bonds. The van der Waals surface area contributed by atoms with Gasteiger partial charge in [-0.1, -0.05) is 61.9 Å². The maximum atomic E-state index is 12.7. The molecule has 0 aliphatic carbocycles. The Bertz CT molecular complexity index is 787. The van der Waals surface area contributed by atoms with E-state index in [9.17, 15) is 14.7 Å². The van der Waals surface area contributed by atoms with Crippen LogP contribution in [0.2, 0.25) is 0 Å². The monoisotopic (exact) mass is 359 g/mol. The van der Waals surface area contributed by atoms with Gasteiger partial charge in [0.15, 0.2) is 5.16 Å². The van der Waals surface area contributed by atoms with E-state index in [0.717, 1.165) is 30.2 Å². The summed E-state index contributed by atoms with van der Waals surface area (Å²) < 4.78 is 1.44. The molecule has 0 saturated carbocycles. The number of hydrogen-bond donors (Lipinski definition) is 0. The number of hydrogen-bond acceptors (Lipinski definition) is 5. The molecule has 0 spiro atoms. The number of aliphatic carboxylic acids is 1. The first-order valence-electron chi connectivity index (χ1n) is 8.42. The Kier molecular flexibility index (Phi) is 6.82. The summed E-state index contributed by atoms with van der Waals surface area (Å²) in [6, 6.07) is 9.75. The average Bonchev–Trinajstić information content (AvgIpc) is 2.60. The molecule has 1 heterocycles. The molecule has 0 unspecified atom stereocenters. The van der Waals surface area contributed by atoms with Gasteiger partial charge in [-0.05, 0) is 18.9 Å². The van der Waals surface area contributed by atoms with E-state index in [4.69, 9.17) is 0 Å². The number of carbonyl (C=O) groups is 1. The van der Waals surface area contributed by atoms with E-state index in [1.54, 1.807) is 14.0 Å². The molecular weight excluding hydrogens is 336 g/mol. The molecule has 2 rings (SSSR count). The molecule has 6 heteroatoms. The molecule has 0 saturated heterocycles. The van der Waals surface area contributed by atoms with E-state index in [0.29, 0.717) is 29.3 Å². The minimum Gasteiger partial charge on any atom is -0.549 e. The Hall–Kier alpha value is -2.08. The maximum absolute atomic E-state index is 12.7. The zero-order valence-electron chi connectivity index (χ0n) is 14.8. The van der Waals surface area contributed by atoms with Gasteiger partial charge in [0, 0.05) is 24.7 Å². The van der Waals surface area contributed by atoms with Crippen molar-refractivity contribution in [1.82, 2.24) is 9.55 Å². The van der Waals surface area contributed by atoms with E-state index in [2.05, 4.69) is 4.98 Å². The second kappa shape index (κ2) is 8.85. The molecule has 1 aromatic carbocycles. The predicted octanol–water partition coefficient (Wildman–Crippen LogP) is 2.08. The summed E-state index contributed by atoms with van der Waals surface area (Å²) in [6.45, 7) is 3.80. The molecule has 25 heavy (non-hydrogen) atoms. The van der Waals surface area contributed by atoms with Gasteiger partial charge in [-0.3, -0.25) is 9.36 Å². The summed E-state index contributed by atoms with van der Waals surface area (Å²) in [6.07, 6.45) is 2.72. The smallest absolute Gasteiger partial charge is 0.257 e. The second-order valence-electron chi connectivity index (χ2n) is 6.05. The van der Waals surface area contributed by atoms with Gasteiger partial charge in [0.1, 0.15) is 0 Å². The minimum absolute atomic E-state index is 0.133. The van der Waals surface area contributed by atoms with Crippen LogP contribution in [0.3, 0.4) is 0 Å². The number of rotatable bonds is 8. The van der Waals surface area contributed by atoms with Crippen LogP contribution in [0.1, 0.15) is 43.0 Å². The van der Waals surface area contributed by atoms with Crippen LogP contribution in [0.15, 0.2) is 40.3 Å². The van der Waals surface area contributed by atoms with E-state index >= 15 is 0 Å². The fraction of sp³-hybridized carbons (Fsp3) is 0.421. The van der Waals surface area contributed by atoms with Crippen molar-refractivity contribution < 1.29 is 9.90 Å². The quantitative estimate of drug-likeness (QED) is 0.533.